The standard InChI is InChI=1S/C19H21NO3/c1-14-4-3-5-15(10-14)7-9-19(21)20(2)12-16-6-8-17-18(11-16)23-13-22-17/h3-6,8,10-11H,7,9,12-13H2,1-2H3. The first kappa shape index (κ1) is 15.4. The molecule has 1 heterocycles. The van der Waals surface area contributed by atoms with Crippen molar-refractivity contribution in [1.82, 2.24) is 4.90 Å². The smallest absolute Gasteiger partial charge is 0.231 e. The van der Waals surface area contributed by atoms with Crippen molar-refractivity contribution in [3.05, 3.63) is 59.2 Å². The van der Waals surface area contributed by atoms with Crippen molar-refractivity contribution in [3.63, 3.8) is 0 Å². The average Bonchev–Trinajstić information content (AvgIpc) is 3.00. The first-order valence-electron chi connectivity index (χ1n) is 7.80. The van der Waals surface area contributed by atoms with Gasteiger partial charge in [0.05, 0.1) is 0 Å². The van der Waals surface area contributed by atoms with Gasteiger partial charge in [-0.05, 0) is 36.6 Å². The largest absolute Gasteiger partial charge is 0.454 e. The molecule has 120 valence electrons. The van der Waals surface area contributed by atoms with Crippen LogP contribution in [-0.4, -0.2) is 24.6 Å². The van der Waals surface area contributed by atoms with Gasteiger partial charge in [0.2, 0.25) is 12.7 Å². The Hall–Kier alpha value is -2.49. The zero-order chi connectivity index (χ0) is 16.2. The number of aryl methyl sites for hydroxylation is 2. The van der Waals surface area contributed by atoms with E-state index in [0.717, 1.165) is 23.5 Å². The van der Waals surface area contributed by atoms with Crippen LogP contribution in [0.2, 0.25) is 0 Å². The van der Waals surface area contributed by atoms with Gasteiger partial charge in [0.15, 0.2) is 11.5 Å². The van der Waals surface area contributed by atoms with E-state index in [1.165, 1.54) is 11.1 Å². The summed E-state index contributed by atoms with van der Waals surface area (Å²) >= 11 is 0. The Morgan fingerprint density at radius 1 is 1.09 bits per heavy atom. The molecule has 0 unspecified atom stereocenters. The quantitative estimate of drug-likeness (QED) is 0.850. The van der Waals surface area contributed by atoms with E-state index in [1.807, 2.05) is 31.3 Å². The molecule has 0 fully saturated rings. The molecule has 1 aliphatic rings. The summed E-state index contributed by atoms with van der Waals surface area (Å²) in [6, 6.07) is 14.1. The second-order valence-electron chi connectivity index (χ2n) is 5.93. The number of ether oxygens (including phenoxy) is 2. The first-order chi connectivity index (χ1) is 11.1. The zero-order valence-electron chi connectivity index (χ0n) is 13.5. The van der Waals surface area contributed by atoms with Gasteiger partial charge in [0.25, 0.3) is 0 Å². The summed E-state index contributed by atoms with van der Waals surface area (Å²) in [5.74, 6) is 1.66. The number of amides is 1. The maximum Gasteiger partial charge on any atom is 0.231 e. The highest BCUT2D eigenvalue weighted by atomic mass is 16.7. The fourth-order valence-electron chi connectivity index (χ4n) is 2.71. The maximum absolute atomic E-state index is 12.3. The summed E-state index contributed by atoms with van der Waals surface area (Å²) in [5, 5.41) is 0. The van der Waals surface area contributed by atoms with Crippen LogP contribution < -0.4 is 9.47 Å². The Kier molecular flexibility index (Phi) is 4.51. The lowest BCUT2D eigenvalue weighted by atomic mass is 10.1. The van der Waals surface area contributed by atoms with Gasteiger partial charge in [0.1, 0.15) is 0 Å². The van der Waals surface area contributed by atoms with Crippen molar-refractivity contribution in [2.75, 3.05) is 13.8 Å². The summed E-state index contributed by atoms with van der Waals surface area (Å²) in [4.78, 5) is 14.1. The summed E-state index contributed by atoms with van der Waals surface area (Å²) in [7, 11) is 1.84. The van der Waals surface area contributed by atoms with E-state index in [1.54, 1.807) is 4.90 Å². The molecule has 2 aromatic carbocycles. The van der Waals surface area contributed by atoms with Gasteiger partial charge in [-0.25, -0.2) is 0 Å². The van der Waals surface area contributed by atoms with E-state index in [4.69, 9.17) is 9.47 Å². The molecule has 0 aliphatic carbocycles. The van der Waals surface area contributed by atoms with Crippen LogP contribution in [0.3, 0.4) is 0 Å². The number of hydrogen-bond donors (Lipinski definition) is 0. The van der Waals surface area contributed by atoms with Crippen LogP contribution in [0, 0.1) is 6.92 Å². The van der Waals surface area contributed by atoms with E-state index >= 15 is 0 Å². The lowest BCUT2D eigenvalue weighted by molar-refractivity contribution is -0.130. The number of carbonyl (C=O) groups is 1. The molecule has 0 aromatic heterocycles. The van der Waals surface area contributed by atoms with Gasteiger partial charge >= 0.3 is 0 Å². The minimum absolute atomic E-state index is 0.143. The van der Waals surface area contributed by atoms with Crippen molar-refractivity contribution >= 4 is 5.91 Å². The van der Waals surface area contributed by atoms with E-state index in [0.29, 0.717) is 13.0 Å². The van der Waals surface area contributed by atoms with Crippen LogP contribution in [0.25, 0.3) is 0 Å². The number of benzene rings is 2. The van der Waals surface area contributed by atoms with Crippen molar-refractivity contribution in [3.8, 4) is 11.5 Å². The lowest BCUT2D eigenvalue weighted by Gasteiger charge is -2.17. The number of hydrogen-bond acceptors (Lipinski definition) is 3. The van der Waals surface area contributed by atoms with E-state index in [9.17, 15) is 4.79 Å². The molecule has 0 N–H and O–H groups in total. The first-order valence-corrected chi connectivity index (χ1v) is 7.80. The van der Waals surface area contributed by atoms with Crippen molar-refractivity contribution < 1.29 is 14.3 Å². The van der Waals surface area contributed by atoms with Crippen molar-refractivity contribution in [2.45, 2.75) is 26.3 Å². The molecule has 4 nitrogen and oxygen atoms in total. The van der Waals surface area contributed by atoms with E-state index in [-0.39, 0.29) is 12.7 Å². The summed E-state index contributed by atoms with van der Waals surface area (Å²) in [5.41, 5.74) is 3.47. The van der Waals surface area contributed by atoms with Gasteiger partial charge in [-0.1, -0.05) is 35.9 Å². The molecule has 0 bridgehead atoms. The molecular weight excluding hydrogens is 290 g/mol. The normalized spacial score (nSPS) is 12.3. The van der Waals surface area contributed by atoms with Gasteiger partial charge in [-0.15, -0.1) is 0 Å². The predicted octanol–water partition coefficient (Wildman–Crippen LogP) is 3.31. The molecule has 23 heavy (non-hydrogen) atoms. The highest BCUT2D eigenvalue weighted by Gasteiger charge is 2.15. The topological polar surface area (TPSA) is 38.8 Å². The number of carbonyl (C=O) groups excluding carboxylic acids is 1. The van der Waals surface area contributed by atoms with Crippen LogP contribution in [0.1, 0.15) is 23.1 Å². The molecule has 0 saturated carbocycles. The molecule has 0 spiro atoms. The van der Waals surface area contributed by atoms with Crippen LogP contribution in [0.5, 0.6) is 11.5 Å². The van der Waals surface area contributed by atoms with E-state index in [2.05, 4.69) is 25.1 Å². The molecule has 1 aliphatic heterocycles. The van der Waals surface area contributed by atoms with Gasteiger partial charge in [-0.2, -0.15) is 0 Å². The molecule has 0 atom stereocenters. The average molecular weight is 311 g/mol. The molecular formula is C19H21NO3. The zero-order valence-corrected chi connectivity index (χ0v) is 13.5. The van der Waals surface area contributed by atoms with Gasteiger partial charge < -0.3 is 14.4 Å². The summed E-state index contributed by atoms with van der Waals surface area (Å²) in [6.45, 7) is 2.91. The predicted molar refractivity (Wildman–Crippen MR) is 88.5 cm³/mol. The van der Waals surface area contributed by atoms with Crippen molar-refractivity contribution in [2.24, 2.45) is 0 Å². The van der Waals surface area contributed by atoms with Crippen LogP contribution in [-0.2, 0) is 17.8 Å². The Bertz CT molecular complexity index is 712. The summed E-state index contributed by atoms with van der Waals surface area (Å²) < 4.78 is 10.7. The highest BCUT2D eigenvalue weighted by molar-refractivity contribution is 5.76. The van der Waals surface area contributed by atoms with E-state index < -0.39 is 0 Å². The number of fused-ring (bicyclic) bond motifs is 1. The third-order valence-electron chi connectivity index (χ3n) is 3.99. The molecule has 4 heteroatoms. The SMILES string of the molecule is Cc1cccc(CCC(=O)N(C)Cc2ccc3c(c2)OCO3)c1. The fraction of sp³-hybridized carbons (Fsp3) is 0.316. The van der Waals surface area contributed by atoms with Crippen LogP contribution >= 0.6 is 0 Å². The van der Waals surface area contributed by atoms with Gasteiger partial charge in [-0.3, -0.25) is 4.79 Å². The number of rotatable bonds is 5. The molecule has 0 saturated heterocycles. The van der Waals surface area contributed by atoms with Gasteiger partial charge in [0, 0.05) is 20.0 Å². The number of nitrogens with zero attached hydrogens (tertiary/aromatic N) is 1. The minimum Gasteiger partial charge on any atom is -0.454 e. The fourth-order valence-corrected chi connectivity index (χ4v) is 2.71. The highest BCUT2D eigenvalue weighted by Crippen LogP contribution is 2.32. The molecule has 1 amide bonds. The minimum atomic E-state index is 0.143. The third-order valence-corrected chi connectivity index (χ3v) is 3.99. The molecule has 3 rings (SSSR count). The lowest BCUT2D eigenvalue weighted by Crippen LogP contribution is -2.26. The van der Waals surface area contributed by atoms with Crippen molar-refractivity contribution in [1.29, 1.82) is 0 Å². The molecule has 0 radical (unpaired) electrons. The Morgan fingerprint density at radius 3 is 2.74 bits per heavy atom. The second-order valence-corrected chi connectivity index (χ2v) is 5.93. The Balaban J connectivity index is 1.55. The van der Waals surface area contributed by atoms with Crippen LogP contribution in [0.15, 0.2) is 42.5 Å². The Morgan fingerprint density at radius 2 is 1.91 bits per heavy atom. The molecule has 2 aromatic rings. The second kappa shape index (κ2) is 6.73. The third kappa shape index (κ3) is 3.83. The van der Waals surface area contributed by atoms with Crippen LogP contribution in [0.4, 0.5) is 0 Å². The Labute approximate surface area is 136 Å². The summed E-state index contributed by atoms with van der Waals surface area (Å²) in [6.07, 6.45) is 1.29. The monoisotopic (exact) mass is 311 g/mol. The maximum atomic E-state index is 12.3.